The van der Waals surface area contributed by atoms with Crippen LogP contribution < -0.4 is 10.1 Å². The van der Waals surface area contributed by atoms with Crippen LogP contribution in [0.5, 0.6) is 5.75 Å². The van der Waals surface area contributed by atoms with Crippen molar-refractivity contribution in [2.75, 3.05) is 7.11 Å². The molecular weight excluding hydrogens is 318 g/mol. The molecule has 1 amide bonds. The third-order valence-corrected chi connectivity index (χ3v) is 4.08. The Balaban J connectivity index is 2.39. The summed E-state index contributed by atoms with van der Waals surface area (Å²) in [5.74, 6) is -0.695. The lowest BCUT2D eigenvalue weighted by Gasteiger charge is -2.30. The molecule has 0 bridgehead atoms. The number of carboxylic acid groups (broad SMARTS) is 1. The molecule has 0 saturated carbocycles. The SMILES string of the molecule is COc1cccc(C(C)(CC(=O)O)NC(=O)c2cc(C)cc(C)c2)c1. The summed E-state index contributed by atoms with van der Waals surface area (Å²) < 4.78 is 5.22. The van der Waals surface area contributed by atoms with Crippen molar-refractivity contribution in [3.05, 3.63) is 64.7 Å². The van der Waals surface area contributed by atoms with E-state index in [1.165, 1.54) is 0 Å². The highest BCUT2D eigenvalue weighted by Crippen LogP contribution is 2.28. The first-order chi connectivity index (χ1) is 11.7. The van der Waals surface area contributed by atoms with Crippen LogP contribution in [-0.2, 0) is 10.3 Å². The summed E-state index contributed by atoms with van der Waals surface area (Å²) in [5.41, 5.74) is 2.08. The molecule has 0 aliphatic rings. The Hall–Kier alpha value is -2.82. The molecular formula is C20H23NO4. The number of benzene rings is 2. The molecule has 0 aromatic heterocycles. The Kier molecular flexibility index (Phi) is 5.47. The lowest BCUT2D eigenvalue weighted by molar-refractivity contribution is -0.138. The first-order valence-electron chi connectivity index (χ1n) is 8.00. The molecule has 5 nitrogen and oxygen atoms in total. The fourth-order valence-electron chi connectivity index (χ4n) is 2.92. The van der Waals surface area contributed by atoms with Gasteiger partial charge in [-0.15, -0.1) is 0 Å². The van der Waals surface area contributed by atoms with Crippen molar-refractivity contribution in [3.8, 4) is 5.75 Å². The van der Waals surface area contributed by atoms with Gasteiger partial charge in [-0.1, -0.05) is 29.3 Å². The zero-order valence-electron chi connectivity index (χ0n) is 14.9. The van der Waals surface area contributed by atoms with Gasteiger partial charge in [0.25, 0.3) is 5.91 Å². The zero-order valence-corrected chi connectivity index (χ0v) is 14.9. The molecule has 0 aliphatic heterocycles. The van der Waals surface area contributed by atoms with Gasteiger partial charge < -0.3 is 15.2 Å². The van der Waals surface area contributed by atoms with E-state index in [0.717, 1.165) is 11.1 Å². The molecule has 5 heteroatoms. The summed E-state index contributed by atoms with van der Waals surface area (Å²) in [5, 5.41) is 12.2. The minimum atomic E-state index is -1.06. The number of aliphatic carboxylic acids is 1. The highest BCUT2D eigenvalue weighted by molar-refractivity contribution is 5.95. The summed E-state index contributed by atoms with van der Waals surface area (Å²) in [6.45, 7) is 5.54. The second kappa shape index (κ2) is 7.38. The van der Waals surface area contributed by atoms with Crippen molar-refractivity contribution in [3.63, 3.8) is 0 Å². The molecule has 2 rings (SSSR count). The number of hydrogen-bond acceptors (Lipinski definition) is 3. The minimum absolute atomic E-state index is 0.239. The monoisotopic (exact) mass is 341 g/mol. The van der Waals surface area contributed by atoms with Crippen molar-refractivity contribution < 1.29 is 19.4 Å². The average Bonchev–Trinajstić information content (AvgIpc) is 2.53. The second-order valence-corrected chi connectivity index (χ2v) is 6.47. The smallest absolute Gasteiger partial charge is 0.306 e. The number of methoxy groups -OCH3 is 1. The van der Waals surface area contributed by atoms with Crippen molar-refractivity contribution in [2.24, 2.45) is 0 Å². The van der Waals surface area contributed by atoms with Gasteiger partial charge in [-0.2, -0.15) is 0 Å². The van der Waals surface area contributed by atoms with Crippen LogP contribution in [0.15, 0.2) is 42.5 Å². The Morgan fingerprint density at radius 1 is 1.12 bits per heavy atom. The number of hydrogen-bond donors (Lipinski definition) is 2. The van der Waals surface area contributed by atoms with E-state index < -0.39 is 11.5 Å². The molecule has 2 aromatic carbocycles. The molecule has 0 radical (unpaired) electrons. The Labute approximate surface area is 147 Å². The lowest BCUT2D eigenvalue weighted by atomic mass is 9.88. The number of carboxylic acids is 1. The standard InChI is InChI=1S/C20H23NO4/c1-13-8-14(2)10-15(9-13)19(24)21-20(3,12-18(22)23)16-6-5-7-17(11-16)25-4/h5-11H,12H2,1-4H3,(H,21,24)(H,22,23). The highest BCUT2D eigenvalue weighted by Gasteiger charge is 2.32. The maximum Gasteiger partial charge on any atom is 0.306 e. The van der Waals surface area contributed by atoms with Gasteiger partial charge >= 0.3 is 5.97 Å². The van der Waals surface area contributed by atoms with Gasteiger partial charge in [0.15, 0.2) is 0 Å². The van der Waals surface area contributed by atoms with E-state index in [9.17, 15) is 14.7 Å². The Morgan fingerprint density at radius 2 is 1.76 bits per heavy atom. The quantitative estimate of drug-likeness (QED) is 0.844. The van der Waals surface area contributed by atoms with Crippen LogP contribution in [0, 0.1) is 13.8 Å². The van der Waals surface area contributed by atoms with Crippen molar-refractivity contribution in [2.45, 2.75) is 32.7 Å². The third-order valence-electron chi connectivity index (χ3n) is 4.08. The van der Waals surface area contributed by atoms with Crippen LogP contribution in [0.4, 0.5) is 0 Å². The Morgan fingerprint density at radius 3 is 2.32 bits per heavy atom. The summed E-state index contributed by atoms with van der Waals surface area (Å²) in [6, 6.07) is 12.6. The largest absolute Gasteiger partial charge is 0.497 e. The molecule has 132 valence electrons. The van der Waals surface area contributed by atoms with Gasteiger partial charge in [0.1, 0.15) is 5.75 Å². The summed E-state index contributed by atoms with van der Waals surface area (Å²) in [6.07, 6.45) is -0.239. The molecule has 0 spiro atoms. The number of carbonyl (C=O) groups excluding carboxylic acids is 1. The molecule has 2 N–H and O–H groups in total. The molecule has 0 heterocycles. The number of rotatable bonds is 6. The second-order valence-electron chi connectivity index (χ2n) is 6.47. The van der Waals surface area contributed by atoms with Crippen molar-refractivity contribution in [1.82, 2.24) is 5.32 Å². The molecule has 0 fully saturated rings. The third kappa shape index (κ3) is 4.59. The van der Waals surface area contributed by atoms with E-state index in [2.05, 4.69) is 5.32 Å². The number of ether oxygens (including phenoxy) is 1. The zero-order chi connectivity index (χ0) is 18.6. The maximum atomic E-state index is 12.7. The van der Waals surface area contributed by atoms with E-state index >= 15 is 0 Å². The van der Waals surface area contributed by atoms with Gasteiger partial charge in [-0.05, 0) is 50.6 Å². The van der Waals surface area contributed by atoms with Gasteiger partial charge in [0.2, 0.25) is 0 Å². The van der Waals surface area contributed by atoms with Crippen LogP contribution in [-0.4, -0.2) is 24.1 Å². The molecule has 1 unspecified atom stereocenters. The average molecular weight is 341 g/mol. The summed E-state index contributed by atoms with van der Waals surface area (Å²) in [4.78, 5) is 24.1. The Bertz CT molecular complexity index is 780. The van der Waals surface area contributed by atoms with Gasteiger partial charge in [0, 0.05) is 5.56 Å². The fraction of sp³-hybridized carbons (Fsp3) is 0.300. The van der Waals surface area contributed by atoms with Crippen LogP contribution in [0.25, 0.3) is 0 Å². The van der Waals surface area contributed by atoms with E-state index in [4.69, 9.17) is 4.74 Å². The molecule has 0 saturated heterocycles. The highest BCUT2D eigenvalue weighted by atomic mass is 16.5. The van der Waals surface area contributed by atoms with Crippen LogP contribution in [0.1, 0.15) is 40.4 Å². The van der Waals surface area contributed by atoms with E-state index in [1.807, 2.05) is 19.9 Å². The first-order valence-corrected chi connectivity index (χ1v) is 8.00. The number of aryl methyl sites for hydroxylation is 2. The van der Waals surface area contributed by atoms with Crippen molar-refractivity contribution in [1.29, 1.82) is 0 Å². The summed E-state index contributed by atoms with van der Waals surface area (Å²) in [7, 11) is 1.54. The normalized spacial score (nSPS) is 13.0. The van der Waals surface area contributed by atoms with Crippen LogP contribution >= 0.6 is 0 Å². The van der Waals surface area contributed by atoms with E-state index in [-0.39, 0.29) is 12.3 Å². The van der Waals surface area contributed by atoms with E-state index in [1.54, 1.807) is 50.4 Å². The topological polar surface area (TPSA) is 75.6 Å². The lowest BCUT2D eigenvalue weighted by Crippen LogP contribution is -2.45. The van der Waals surface area contributed by atoms with Gasteiger partial charge in [-0.25, -0.2) is 0 Å². The number of nitrogens with one attached hydrogen (secondary N) is 1. The maximum absolute atomic E-state index is 12.7. The molecule has 2 aromatic rings. The van der Waals surface area contributed by atoms with E-state index in [0.29, 0.717) is 16.9 Å². The predicted molar refractivity (Wildman–Crippen MR) is 96.0 cm³/mol. The van der Waals surface area contributed by atoms with Crippen LogP contribution in [0.2, 0.25) is 0 Å². The fourth-order valence-corrected chi connectivity index (χ4v) is 2.92. The van der Waals surface area contributed by atoms with Crippen LogP contribution in [0.3, 0.4) is 0 Å². The molecule has 25 heavy (non-hydrogen) atoms. The molecule has 0 aliphatic carbocycles. The molecule has 1 atom stereocenters. The van der Waals surface area contributed by atoms with Crippen molar-refractivity contribution >= 4 is 11.9 Å². The minimum Gasteiger partial charge on any atom is -0.497 e. The number of carbonyl (C=O) groups is 2. The first kappa shape index (κ1) is 18.5. The summed E-state index contributed by atoms with van der Waals surface area (Å²) >= 11 is 0. The number of amides is 1. The van der Waals surface area contributed by atoms with Gasteiger partial charge in [-0.3, -0.25) is 9.59 Å². The predicted octanol–water partition coefficient (Wildman–Crippen LogP) is 3.43. The van der Waals surface area contributed by atoms with Gasteiger partial charge in [0.05, 0.1) is 19.1 Å².